The molecule has 1 fully saturated rings. The van der Waals surface area contributed by atoms with E-state index in [9.17, 15) is 27.6 Å². The SMILES string of the molecule is O=C(CN1CC(NCC(F)F)C(NC(=O)c2ccc(Cl)s2)C1)Nc1ccc(-n2ccccc2=O)cc1F. The van der Waals surface area contributed by atoms with Gasteiger partial charge in [0.1, 0.15) is 5.82 Å². The Hall–Kier alpha value is -3.19. The number of thiophene rings is 1. The molecule has 2 aromatic heterocycles. The third-order valence-electron chi connectivity index (χ3n) is 5.74. The maximum absolute atomic E-state index is 14.7. The van der Waals surface area contributed by atoms with Gasteiger partial charge in [-0.15, -0.1) is 11.3 Å². The standard InChI is InChI=1S/C24H23ClF3N5O3S/c25-20-7-6-19(37-20)24(36)31-18-12-32(11-17(18)29-10-21(27)28)13-22(34)30-16-5-4-14(9-15(16)26)33-8-2-1-3-23(33)35/h1-9,17-18,21,29H,10-13H2,(H,30,34)(H,31,36). The van der Waals surface area contributed by atoms with Crippen molar-refractivity contribution in [1.29, 1.82) is 0 Å². The number of aromatic nitrogens is 1. The number of hydrogen-bond donors (Lipinski definition) is 3. The molecule has 8 nitrogen and oxygen atoms in total. The molecule has 3 aromatic rings. The molecular weight excluding hydrogens is 531 g/mol. The van der Waals surface area contributed by atoms with Crippen molar-refractivity contribution in [3.05, 3.63) is 80.1 Å². The number of benzene rings is 1. The average Bonchev–Trinajstić information content (AvgIpc) is 3.45. The average molecular weight is 554 g/mol. The van der Waals surface area contributed by atoms with Crippen LogP contribution in [0.2, 0.25) is 4.34 Å². The third-order valence-corrected chi connectivity index (χ3v) is 6.97. The van der Waals surface area contributed by atoms with Crippen molar-refractivity contribution < 1.29 is 22.8 Å². The van der Waals surface area contributed by atoms with Crippen LogP contribution in [0.3, 0.4) is 0 Å². The highest BCUT2D eigenvalue weighted by Crippen LogP contribution is 2.22. The number of nitrogens with one attached hydrogen (secondary N) is 3. The normalized spacial score (nSPS) is 17.8. The molecule has 2 atom stereocenters. The first kappa shape index (κ1) is 26.9. The Morgan fingerprint density at radius 1 is 1.11 bits per heavy atom. The number of pyridine rings is 1. The Morgan fingerprint density at radius 2 is 1.89 bits per heavy atom. The summed E-state index contributed by atoms with van der Waals surface area (Å²) in [4.78, 5) is 39.2. The van der Waals surface area contributed by atoms with Gasteiger partial charge in [-0.3, -0.25) is 23.9 Å². The van der Waals surface area contributed by atoms with Crippen molar-refractivity contribution in [1.82, 2.24) is 20.1 Å². The summed E-state index contributed by atoms with van der Waals surface area (Å²) in [5, 5.41) is 8.04. The Kier molecular flexibility index (Phi) is 8.64. The van der Waals surface area contributed by atoms with E-state index in [4.69, 9.17) is 11.6 Å². The zero-order chi connectivity index (χ0) is 26.5. The van der Waals surface area contributed by atoms with E-state index in [1.165, 1.54) is 29.0 Å². The molecule has 1 aliphatic heterocycles. The third kappa shape index (κ3) is 6.98. The number of amides is 2. The molecule has 3 N–H and O–H groups in total. The Labute approximate surface area is 219 Å². The van der Waals surface area contributed by atoms with Gasteiger partial charge in [0.05, 0.1) is 39.7 Å². The number of anilines is 1. The van der Waals surface area contributed by atoms with E-state index in [2.05, 4.69) is 16.0 Å². The van der Waals surface area contributed by atoms with Crippen LogP contribution in [0, 0.1) is 5.82 Å². The summed E-state index contributed by atoms with van der Waals surface area (Å²) in [6.07, 6.45) is -1.08. The van der Waals surface area contributed by atoms with Gasteiger partial charge >= 0.3 is 0 Å². The predicted molar refractivity (Wildman–Crippen MR) is 135 cm³/mol. The van der Waals surface area contributed by atoms with Gasteiger partial charge in [0.25, 0.3) is 17.9 Å². The van der Waals surface area contributed by atoms with Gasteiger partial charge in [0.15, 0.2) is 0 Å². The van der Waals surface area contributed by atoms with E-state index < -0.39 is 42.7 Å². The van der Waals surface area contributed by atoms with Crippen LogP contribution >= 0.6 is 22.9 Å². The molecule has 2 unspecified atom stereocenters. The molecule has 1 aromatic carbocycles. The molecule has 37 heavy (non-hydrogen) atoms. The summed E-state index contributed by atoms with van der Waals surface area (Å²) in [5.41, 5.74) is -0.0884. The molecule has 196 valence electrons. The van der Waals surface area contributed by atoms with Crippen molar-refractivity contribution in [2.45, 2.75) is 18.5 Å². The van der Waals surface area contributed by atoms with Gasteiger partial charge in [0.2, 0.25) is 5.91 Å². The second-order valence-electron chi connectivity index (χ2n) is 8.40. The lowest BCUT2D eigenvalue weighted by atomic mass is 10.1. The molecule has 2 amide bonds. The number of alkyl halides is 2. The minimum atomic E-state index is -2.58. The lowest BCUT2D eigenvalue weighted by molar-refractivity contribution is -0.117. The molecule has 0 spiro atoms. The molecule has 1 saturated heterocycles. The van der Waals surface area contributed by atoms with Gasteiger partial charge in [0, 0.05) is 37.5 Å². The molecule has 3 heterocycles. The topological polar surface area (TPSA) is 95.5 Å². The second-order valence-corrected chi connectivity index (χ2v) is 10.1. The van der Waals surface area contributed by atoms with Crippen LogP contribution in [0.25, 0.3) is 5.69 Å². The zero-order valence-corrected chi connectivity index (χ0v) is 20.9. The number of nitrogens with zero attached hydrogens (tertiary/aromatic N) is 2. The summed E-state index contributed by atoms with van der Waals surface area (Å²) < 4.78 is 42.0. The zero-order valence-electron chi connectivity index (χ0n) is 19.3. The van der Waals surface area contributed by atoms with Gasteiger partial charge in [-0.1, -0.05) is 17.7 Å². The highest BCUT2D eigenvalue weighted by molar-refractivity contribution is 7.18. The van der Waals surface area contributed by atoms with Crippen molar-refractivity contribution in [2.75, 3.05) is 31.5 Å². The van der Waals surface area contributed by atoms with E-state index >= 15 is 0 Å². The minimum absolute atomic E-state index is 0.0660. The quantitative estimate of drug-likeness (QED) is 0.379. The van der Waals surface area contributed by atoms with Crippen molar-refractivity contribution in [3.63, 3.8) is 0 Å². The maximum atomic E-state index is 14.7. The van der Waals surface area contributed by atoms with Crippen LogP contribution in [0.1, 0.15) is 9.67 Å². The van der Waals surface area contributed by atoms with Crippen LogP contribution in [-0.4, -0.2) is 66.0 Å². The van der Waals surface area contributed by atoms with E-state index in [0.717, 1.165) is 17.4 Å². The highest BCUT2D eigenvalue weighted by atomic mass is 35.5. The monoisotopic (exact) mass is 553 g/mol. The van der Waals surface area contributed by atoms with Crippen LogP contribution in [0.4, 0.5) is 18.9 Å². The number of halogens is 4. The fourth-order valence-corrected chi connectivity index (χ4v) is 5.02. The first-order chi connectivity index (χ1) is 17.7. The van der Waals surface area contributed by atoms with E-state index in [1.54, 1.807) is 29.2 Å². The van der Waals surface area contributed by atoms with E-state index in [1.807, 2.05) is 0 Å². The molecule has 0 bridgehead atoms. The van der Waals surface area contributed by atoms with Crippen LogP contribution in [0.5, 0.6) is 0 Å². The van der Waals surface area contributed by atoms with E-state index in [-0.39, 0.29) is 30.9 Å². The van der Waals surface area contributed by atoms with Crippen LogP contribution in [0.15, 0.2) is 59.5 Å². The van der Waals surface area contributed by atoms with Crippen molar-refractivity contribution in [3.8, 4) is 5.69 Å². The molecule has 1 aliphatic rings. The summed E-state index contributed by atoms with van der Waals surface area (Å²) in [7, 11) is 0. The van der Waals surface area contributed by atoms with Gasteiger partial charge in [-0.25, -0.2) is 13.2 Å². The first-order valence-electron chi connectivity index (χ1n) is 11.3. The lowest BCUT2D eigenvalue weighted by Gasteiger charge is -2.20. The fourth-order valence-electron chi connectivity index (χ4n) is 4.07. The highest BCUT2D eigenvalue weighted by Gasteiger charge is 2.35. The van der Waals surface area contributed by atoms with Gasteiger partial charge < -0.3 is 16.0 Å². The smallest absolute Gasteiger partial charge is 0.261 e. The Bertz CT molecular complexity index is 1330. The molecule has 0 radical (unpaired) electrons. The molecule has 13 heteroatoms. The van der Waals surface area contributed by atoms with Gasteiger partial charge in [-0.05, 0) is 30.3 Å². The summed E-state index contributed by atoms with van der Waals surface area (Å²) >= 11 is 6.98. The van der Waals surface area contributed by atoms with Gasteiger partial charge in [-0.2, -0.15) is 0 Å². The van der Waals surface area contributed by atoms with Crippen LogP contribution in [-0.2, 0) is 4.79 Å². The predicted octanol–water partition coefficient (Wildman–Crippen LogP) is 2.97. The Morgan fingerprint density at radius 3 is 2.57 bits per heavy atom. The van der Waals surface area contributed by atoms with Crippen molar-refractivity contribution >= 4 is 40.4 Å². The number of carbonyl (C=O) groups is 2. The number of likely N-dealkylation sites (tertiary alicyclic amines) is 1. The summed E-state index contributed by atoms with van der Waals surface area (Å²) in [6.45, 7) is -0.278. The van der Waals surface area contributed by atoms with Crippen LogP contribution < -0.4 is 21.5 Å². The molecule has 0 aliphatic carbocycles. The second kappa shape index (κ2) is 11.9. The minimum Gasteiger partial charge on any atom is -0.346 e. The number of carbonyl (C=O) groups excluding carboxylic acids is 2. The van der Waals surface area contributed by atoms with E-state index in [0.29, 0.717) is 14.9 Å². The largest absolute Gasteiger partial charge is 0.346 e. The summed E-state index contributed by atoms with van der Waals surface area (Å²) in [6, 6.07) is 10.6. The van der Waals surface area contributed by atoms with Crippen molar-refractivity contribution in [2.24, 2.45) is 0 Å². The molecular formula is C24H23ClF3N5O3S. The summed E-state index contributed by atoms with van der Waals surface area (Å²) in [5.74, 6) is -1.64. The number of rotatable bonds is 9. The first-order valence-corrected chi connectivity index (χ1v) is 12.5. The molecule has 4 rings (SSSR count). The molecule has 0 saturated carbocycles. The lowest BCUT2D eigenvalue weighted by Crippen LogP contribution is -2.50. The Balaban J connectivity index is 1.39. The number of hydrogen-bond acceptors (Lipinski definition) is 6. The maximum Gasteiger partial charge on any atom is 0.261 e. The fraction of sp³-hybridized carbons (Fsp3) is 0.292.